The molecule has 1 fully saturated rings. The number of carboxylic acid groups (broad SMARTS) is 1. The van der Waals surface area contributed by atoms with Crippen LogP contribution in [0.5, 0.6) is 0 Å². The first-order chi connectivity index (χ1) is 9.06. The summed E-state index contributed by atoms with van der Waals surface area (Å²) in [5, 5.41) is 9.98. The van der Waals surface area contributed by atoms with Crippen molar-refractivity contribution < 1.29 is 9.90 Å². The molecule has 0 bridgehead atoms. The van der Waals surface area contributed by atoms with Crippen LogP contribution in [0, 0.1) is 12.8 Å². The van der Waals surface area contributed by atoms with Gasteiger partial charge in [-0.2, -0.15) is 0 Å². The Morgan fingerprint density at radius 1 is 1.42 bits per heavy atom. The minimum absolute atomic E-state index is 0.166. The molecule has 0 amide bonds. The highest BCUT2D eigenvalue weighted by Gasteiger charge is 2.46. The first-order valence-corrected chi connectivity index (χ1v) is 7.63. The van der Waals surface area contributed by atoms with Crippen LogP contribution in [0.3, 0.4) is 0 Å². The summed E-state index contributed by atoms with van der Waals surface area (Å²) in [7, 11) is 0. The van der Waals surface area contributed by atoms with Gasteiger partial charge >= 0.3 is 5.97 Å². The van der Waals surface area contributed by atoms with Crippen LogP contribution in [0.25, 0.3) is 10.6 Å². The van der Waals surface area contributed by atoms with Crippen molar-refractivity contribution in [1.29, 1.82) is 0 Å². The van der Waals surface area contributed by atoms with Crippen LogP contribution in [-0.2, 0) is 4.79 Å². The maximum absolute atomic E-state index is 10.9. The molecule has 98 valence electrons. The van der Waals surface area contributed by atoms with Gasteiger partial charge in [-0.3, -0.25) is 4.79 Å². The monoisotopic (exact) mass is 337 g/mol. The SMILES string of the molecule is Cc1nc(-c2ccc(Br)cc2)sc1C1CC1C(=O)O. The van der Waals surface area contributed by atoms with E-state index in [0.717, 1.165) is 32.0 Å². The summed E-state index contributed by atoms with van der Waals surface area (Å²) in [6.07, 6.45) is 0.748. The van der Waals surface area contributed by atoms with E-state index in [1.807, 2.05) is 31.2 Å². The number of hydrogen-bond donors (Lipinski definition) is 1. The van der Waals surface area contributed by atoms with Gasteiger partial charge in [0, 0.05) is 20.8 Å². The number of hydrogen-bond acceptors (Lipinski definition) is 3. The van der Waals surface area contributed by atoms with E-state index in [4.69, 9.17) is 5.11 Å². The zero-order valence-electron chi connectivity index (χ0n) is 10.3. The molecular formula is C14H12BrNO2S. The number of aliphatic carboxylic acids is 1. The number of carboxylic acids is 1. The molecule has 19 heavy (non-hydrogen) atoms. The number of thiazole rings is 1. The summed E-state index contributed by atoms with van der Waals surface area (Å²) in [5.74, 6) is -0.737. The van der Waals surface area contributed by atoms with Crippen LogP contribution < -0.4 is 0 Å². The lowest BCUT2D eigenvalue weighted by Gasteiger charge is -1.95. The molecule has 2 atom stereocenters. The molecule has 1 N–H and O–H groups in total. The third-order valence-electron chi connectivity index (χ3n) is 3.37. The standard InChI is InChI=1S/C14H12BrNO2S/c1-7-12(10-6-11(10)14(17)18)19-13(16-7)8-2-4-9(15)5-3-8/h2-5,10-11H,6H2,1H3,(H,17,18). The average Bonchev–Trinajstić information content (AvgIpc) is 3.08. The van der Waals surface area contributed by atoms with E-state index in [1.54, 1.807) is 11.3 Å². The smallest absolute Gasteiger partial charge is 0.307 e. The summed E-state index contributed by atoms with van der Waals surface area (Å²) in [5.41, 5.74) is 2.05. The number of carbonyl (C=O) groups is 1. The van der Waals surface area contributed by atoms with Crippen molar-refractivity contribution in [2.75, 3.05) is 0 Å². The summed E-state index contributed by atoms with van der Waals surface area (Å²) < 4.78 is 1.04. The molecule has 1 aliphatic carbocycles. The average molecular weight is 338 g/mol. The molecule has 0 radical (unpaired) electrons. The fraction of sp³-hybridized carbons (Fsp3) is 0.286. The highest BCUT2D eigenvalue weighted by atomic mass is 79.9. The van der Waals surface area contributed by atoms with Crippen LogP contribution in [0.4, 0.5) is 0 Å². The van der Waals surface area contributed by atoms with E-state index < -0.39 is 5.97 Å². The van der Waals surface area contributed by atoms with Crippen molar-refractivity contribution in [2.45, 2.75) is 19.3 Å². The fourth-order valence-corrected chi connectivity index (χ4v) is 3.74. The van der Waals surface area contributed by atoms with Gasteiger partial charge in [-0.25, -0.2) is 4.98 Å². The lowest BCUT2D eigenvalue weighted by atomic mass is 10.2. The quantitative estimate of drug-likeness (QED) is 0.918. The Morgan fingerprint density at radius 2 is 2.11 bits per heavy atom. The normalized spacial score (nSPS) is 21.4. The number of halogens is 1. The van der Waals surface area contributed by atoms with Crippen LogP contribution in [0.2, 0.25) is 0 Å². The van der Waals surface area contributed by atoms with Gasteiger partial charge in [-0.1, -0.05) is 28.1 Å². The lowest BCUT2D eigenvalue weighted by molar-refractivity contribution is -0.138. The summed E-state index contributed by atoms with van der Waals surface area (Å²) >= 11 is 5.03. The van der Waals surface area contributed by atoms with Crippen molar-refractivity contribution in [3.63, 3.8) is 0 Å². The summed E-state index contributed by atoms with van der Waals surface area (Å²) in [6.45, 7) is 1.96. The van der Waals surface area contributed by atoms with Crippen molar-refractivity contribution in [3.8, 4) is 10.6 Å². The second-order valence-corrected chi connectivity index (χ2v) is 6.71. The molecule has 1 aromatic carbocycles. The minimum atomic E-state index is -0.692. The zero-order valence-corrected chi connectivity index (χ0v) is 12.7. The van der Waals surface area contributed by atoms with Crippen LogP contribution in [0.1, 0.15) is 22.9 Å². The molecule has 2 unspecified atom stereocenters. The Bertz CT molecular complexity index is 635. The van der Waals surface area contributed by atoms with Gasteiger partial charge in [-0.15, -0.1) is 11.3 Å². The summed E-state index contributed by atoms with van der Waals surface area (Å²) in [4.78, 5) is 16.7. The second kappa shape index (κ2) is 4.72. The third kappa shape index (κ3) is 2.44. The Labute approximate surface area is 123 Å². The molecular weight excluding hydrogens is 326 g/mol. The Morgan fingerprint density at radius 3 is 2.68 bits per heavy atom. The fourth-order valence-electron chi connectivity index (χ4n) is 2.23. The van der Waals surface area contributed by atoms with Crippen LogP contribution in [0.15, 0.2) is 28.7 Å². The Kier molecular flexibility index (Phi) is 3.19. The maximum atomic E-state index is 10.9. The molecule has 1 aromatic heterocycles. The van der Waals surface area contributed by atoms with E-state index in [-0.39, 0.29) is 11.8 Å². The van der Waals surface area contributed by atoms with Gasteiger partial charge in [0.15, 0.2) is 0 Å². The van der Waals surface area contributed by atoms with E-state index in [9.17, 15) is 4.79 Å². The van der Waals surface area contributed by atoms with E-state index in [0.29, 0.717) is 0 Å². The lowest BCUT2D eigenvalue weighted by Crippen LogP contribution is -1.98. The first kappa shape index (κ1) is 12.8. The van der Waals surface area contributed by atoms with E-state index >= 15 is 0 Å². The van der Waals surface area contributed by atoms with Gasteiger partial charge in [0.1, 0.15) is 5.01 Å². The van der Waals surface area contributed by atoms with Crippen molar-refractivity contribution >= 4 is 33.2 Å². The molecule has 1 aliphatic rings. The third-order valence-corrected chi connectivity index (χ3v) is 5.24. The molecule has 3 rings (SSSR count). The van der Waals surface area contributed by atoms with Crippen molar-refractivity contribution in [3.05, 3.63) is 39.3 Å². The van der Waals surface area contributed by atoms with Gasteiger partial charge in [0.2, 0.25) is 0 Å². The summed E-state index contributed by atoms with van der Waals surface area (Å²) in [6, 6.07) is 8.02. The van der Waals surface area contributed by atoms with Crippen molar-refractivity contribution in [2.24, 2.45) is 5.92 Å². The molecule has 1 heterocycles. The van der Waals surface area contributed by atoms with E-state index in [2.05, 4.69) is 20.9 Å². The van der Waals surface area contributed by atoms with Crippen LogP contribution in [-0.4, -0.2) is 16.1 Å². The number of rotatable bonds is 3. The van der Waals surface area contributed by atoms with Crippen LogP contribution >= 0.6 is 27.3 Å². The predicted octanol–water partition coefficient (Wildman–Crippen LogP) is 4.07. The first-order valence-electron chi connectivity index (χ1n) is 6.02. The molecule has 5 heteroatoms. The van der Waals surface area contributed by atoms with Gasteiger partial charge < -0.3 is 5.11 Å². The second-order valence-electron chi connectivity index (χ2n) is 4.76. The largest absolute Gasteiger partial charge is 0.481 e. The number of nitrogens with zero attached hydrogens (tertiary/aromatic N) is 1. The Balaban J connectivity index is 1.90. The van der Waals surface area contributed by atoms with Gasteiger partial charge in [0.25, 0.3) is 0 Å². The highest BCUT2D eigenvalue weighted by Crippen LogP contribution is 2.51. The zero-order chi connectivity index (χ0) is 13.6. The molecule has 3 nitrogen and oxygen atoms in total. The molecule has 0 saturated heterocycles. The van der Waals surface area contributed by atoms with Gasteiger partial charge in [-0.05, 0) is 25.5 Å². The number of benzene rings is 1. The molecule has 2 aromatic rings. The predicted molar refractivity (Wildman–Crippen MR) is 78.5 cm³/mol. The van der Waals surface area contributed by atoms with Gasteiger partial charge in [0.05, 0.1) is 11.6 Å². The molecule has 0 aliphatic heterocycles. The minimum Gasteiger partial charge on any atom is -0.481 e. The maximum Gasteiger partial charge on any atom is 0.307 e. The van der Waals surface area contributed by atoms with E-state index in [1.165, 1.54) is 0 Å². The topological polar surface area (TPSA) is 50.2 Å². The number of aromatic nitrogens is 1. The molecule has 1 saturated carbocycles. The van der Waals surface area contributed by atoms with Crippen molar-refractivity contribution in [1.82, 2.24) is 4.98 Å². The highest BCUT2D eigenvalue weighted by molar-refractivity contribution is 9.10. The number of aryl methyl sites for hydroxylation is 1. The molecule has 0 spiro atoms. The Hall–Kier alpha value is -1.20.